The minimum Gasteiger partial charge on any atom is -0.490 e. The van der Waals surface area contributed by atoms with E-state index >= 15 is 0 Å². The molecule has 106 valence electrons. The fraction of sp³-hybridized carbons (Fsp3) is 0.500. The Morgan fingerprint density at radius 3 is 2.89 bits per heavy atom. The topological polar surface area (TPSA) is 58.6 Å². The molecule has 0 aromatic heterocycles. The van der Waals surface area contributed by atoms with Crippen LogP contribution in [0.25, 0.3) is 0 Å². The zero-order valence-corrected chi connectivity index (χ0v) is 11.1. The number of carbonyl (C=O) groups excluding carboxylic acids is 1. The molecule has 0 fully saturated rings. The van der Waals surface area contributed by atoms with Crippen LogP contribution in [0.5, 0.6) is 5.75 Å². The van der Waals surface area contributed by atoms with Crippen LogP contribution in [0, 0.1) is 5.82 Å². The van der Waals surface area contributed by atoms with Gasteiger partial charge in [0, 0.05) is 12.6 Å². The number of hydrogen-bond acceptors (Lipinski definition) is 3. The van der Waals surface area contributed by atoms with Crippen LogP contribution in [-0.4, -0.2) is 30.3 Å². The number of aliphatic hydroxyl groups excluding tert-OH is 1. The van der Waals surface area contributed by atoms with Crippen LogP contribution in [0.3, 0.4) is 0 Å². The predicted molar refractivity (Wildman–Crippen MR) is 70.4 cm³/mol. The molecule has 0 aliphatic rings. The molecule has 0 saturated heterocycles. The van der Waals surface area contributed by atoms with Gasteiger partial charge in [-0.2, -0.15) is 0 Å². The lowest BCUT2D eigenvalue weighted by Gasteiger charge is -2.13. The molecule has 1 atom stereocenters. The maximum absolute atomic E-state index is 13.2. The molecule has 0 spiro atoms. The highest BCUT2D eigenvalue weighted by molar-refractivity contribution is 5.76. The molecular weight excluding hydrogens is 249 g/mol. The maximum Gasteiger partial charge on any atom is 0.223 e. The molecule has 1 rings (SSSR count). The summed E-state index contributed by atoms with van der Waals surface area (Å²) in [4.78, 5) is 11.5. The molecule has 1 unspecified atom stereocenters. The molecule has 1 amide bonds. The first kappa shape index (κ1) is 15.4. The average molecular weight is 269 g/mol. The van der Waals surface area contributed by atoms with Crippen LogP contribution in [0.2, 0.25) is 0 Å². The van der Waals surface area contributed by atoms with Crippen molar-refractivity contribution in [3.8, 4) is 5.75 Å². The SMILES string of the molecule is CC(CCCO)NC(=O)CCOc1ccccc1F. The Kier molecular flexibility index (Phi) is 6.89. The van der Waals surface area contributed by atoms with Crippen LogP contribution in [-0.2, 0) is 4.79 Å². The van der Waals surface area contributed by atoms with Crippen molar-refractivity contribution in [1.82, 2.24) is 5.32 Å². The van der Waals surface area contributed by atoms with Gasteiger partial charge in [-0.1, -0.05) is 12.1 Å². The van der Waals surface area contributed by atoms with E-state index in [-0.39, 0.29) is 37.3 Å². The standard InChI is InChI=1S/C14H20FNO3/c1-11(5-4-9-17)16-14(18)8-10-19-13-7-3-2-6-12(13)15/h2-3,6-7,11,17H,4-5,8-10H2,1H3,(H,16,18). The summed E-state index contributed by atoms with van der Waals surface area (Å²) in [7, 11) is 0. The van der Waals surface area contributed by atoms with Gasteiger partial charge >= 0.3 is 0 Å². The van der Waals surface area contributed by atoms with Crippen molar-refractivity contribution in [2.75, 3.05) is 13.2 Å². The summed E-state index contributed by atoms with van der Waals surface area (Å²) in [5.41, 5.74) is 0. The first-order valence-electron chi connectivity index (χ1n) is 6.41. The zero-order chi connectivity index (χ0) is 14.1. The Morgan fingerprint density at radius 2 is 2.21 bits per heavy atom. The van der Waals surface area contributed by atoms with Crippen LogP contribution in [0.4, 0.5) is 4.39 Å². The lowest BCUT2D eigenvalue weighted by atomic mass is 10.2. The van der Waals surface area contributed by atoms with Crippen LogP contribution in [0.1, 0.15) is 26.2 Å². The third-order valence-corrected chi connectivity index (χ3v) is 2.63. The summed E-state index contributed by atoms with van der Waals surface area (Å²) in [6.07, 6.45) is 1.57. The van der Waals surface area contributed by atoms with E-state index in [9.17, 15) is 9.18 Å². The number of amides is 1. The largest absolute Gasteiger partial charge is 0.490 e. The van der Waals surface area contributed by atoms with Crippen LogP contribution >= 0.6 is 0 Å². The first-order chi connectivity index (χ1) is 9.13. The fourth-order valence-corrected chi connectivity index (χ4v) is 1.63. The van der Waals surface area contributed by atoms with Gasteiger partial charge in [-0.3, -0.25) is 4.79 Å². The number of halogens is 1. The zero-order valence-electron chi connectivity index (χ0n) is 11.1. The molecule has 2 N–H and O–H groups in total. The molecule has 5 heteroatoms. The van der Waals surface area contributed by atoms with Crippen molar-refractivity contribution in [1.29, 1.82) is 0 Å². The number of para-hydroxylation sites is 1. The molecule has 0 radical (unpaired) electrons. The van der Waals surface area contributed by atoms with E-state index in [1.54, 1.807) is 12.1 Å². The van der Waals surface area contributed by atoms with Crippen molar-refractivity contribution in [3.63, 3.8) is 0 Å². The summed E-state index contributed by atoms with van der Waals surface area (Å²) >= 11 is 0. The van der Waals surface area contributed by atoms with Gasteiger partial charge in [0.25, 0.3) is 0 Å². The Labute approximate surface area is 112 Å². The predicted octanol–water partition coefficient (Wildman–Crippen LogP) is 1.87. The van der Waals surface area contributed by atoms with Gasteiger partial charge in [-0.15, -0.1) is 0 Å². The van der Waals surface area contributed by atoms with Gasteiger partial charge in [0.2, 0.25) is 5.91 Å². The highest BCUT2D eigenvalue weighted by Gasteiger charge is 2.08. The van der Waals surface area contributed by atoms with Crippen molar-refractivity contribution < 1.29 is 19.0 Å². The molecule has 19 heavy (non-hydrogen) atoms. The Bertz CT molecular complexity index is 398. The van der Waals surface area contributed by atoms with E-state index in [0.717, 1.165) is 6.42 Å². The van der Waals surface area contributed by atoms with Crippen LogP contribution < -0.4 is 10.1 Å². The number of rotatable bonds is 8. The van der Waals surface area contributed by atoms with Crippen LogP contribution in [0.15, 0.2) is 24.3 Å². The highest BCUT2D eigenvalue weighted by Crippen LogP contribution is 2.15. The van der Waals surface area contributed by atoms with Crippen molar-refractivity contribution in [2.45, 2.75) is 32.2 Å². The summed E-state index contributed by atoms with van der Waals surface area (Å²) in [5.74, 6) is -0.412. The first-order valence-corrected chi connectivity index (χ1v) is 6.41. The Balaban J connectivity index is 2.22. The lowest BCUT2D eigenvalue weighted by molar-refractivity contribution is -0.122. The number of carbonyl (C=O) groups is 1. The normalized spacial score (nSPS) is 11.9. The summed E-state index contributed by atoms with van der Waals surface area (Å²) < 4.78 is 18.4. The monoisotopic (exact) mass is 269 g/mol. The third-order valence-electron chi connectivity index (χ3n) is 2.63. The van der Waals surface area contributed by atoms with E-state index in [0.29, 0.717) is 6.42 Å². The average Bonchev–Trinajstić information content (AvgIpc) is 2.38. The second-order valence-electron chi connectivity index (χ2n) is 4.36. The molecule has 1 aromatic carbocycles. The molecule has 1 aromatic rings. The summed E-state index contributed by atoms with van der Waals surface area (Å²) in [6, 6.07) is 6.12. The van der Waals surface area contributed by atoms with E-state index in [4.69, 9.17) is 9.84 Å². The molecule has 4 nitrogen and oxygen atoms in total. The Morgan fingerprint density at radius 1 is 1.47 bits per heavy atom. The number of ether oxygens (including phenoxy) is 1. The molecule has 0 aliphatic heterocycles. The van der Waals surface area contributed by atoms with Crippen molar-refractivity contribution >= 4 is 5.91 Å². The number of aliphatic hydroxyl groups is 1. The molecule has 0 bridgehead atoms. The molecule has 0 saturated carbocycles. The number of benzene rings is 1. The third kappa shape index (κ3) is 6.20. The molecule has 0 heterocycles. The fourth-order valence-electron chi connectivity index (χ4n) is 1.63. The minimum absolute atomic E-state index is 0.0214. The van der Waals surface area contributed by atoms with Gasteiger partial charge in [-0.05, 0) is 31.9 Å². The number of nitrogens with one attached hydrogen (secondary N) is 1. The van der Waals surface area contributed by atoms with Gasteiger partial charge in [0.05, 0.1) is 13.0 Å². The van der Waals surface area contributed by atoms with E-state index in [1.165, 1.54) is 12.1 Å². The Hall–Kier alpha value is -1.62. The van der Waals surface area contributed by atoms with Gasteiger partial charge in [0.1, 0.15) is 0 Å². The van der Waals surface area contributed by atoms with Gasteiger partial charge in [0.15, 0.2) is 11.6 Å². The smallest absolute Gasteiger partial charge is 0.223 e. The van der Waals surface area contributed by atoms with Gasteiger partial charge < -0.3 is 15.2 Å². The quantitative estimate of drug-likeness (QED) is 0.757. The van der Waals surface area contributed by atoms with E-state index in [1.807, 2.05) is 6.92 Å². The molecule has 0 aliphatic carbocycles. The second kappa shape index (κ2) is 8.48. The van der Waals surface area contributed by atoms with Gasteiger partial charge in [-0.25, -0.2) is 4.39 Å². The second-order valence-corrected chi connectivity index (χ2v) is 4.36. The minimum atomic E-state index is -0.431. The van der Waals surface area contributed by atoms with Crippen molar-refractivity contribution in [3.05, 3.63) is 30.1 Å². The van der Waals surface area contributed by atoms with Crippen molar-refractivity contribution in [2.24, 2.45) is 0 Å². The number of hydrogen-bond donors (Lipinski definition) is 2. The van der Waals surface area contributed by atoms with E-state index in [2.05, 4.69) is 5.32 Å². The lowest BCUT2D eigenvalue weighted by Crippen LogP contribution is -2.33. The molecular formula is C14H20FNO3. The highest BCUT2D eigenvalue weighted by atomic mass is 19.1. The maximum atomic E-state index is 13.2. The van der Waals surface area contributed by atoms with E-state index < -0.39 is 5.82 Å². The summed E-state index contributed by atoms with van der Waals surface area (Å²) in [6.45, 7) is 2.14. The summed E-state index contributed by atoms with van der Waals surface area (Å²) in [5, 5.41) is 11.5.